The van der Waals surface area contributed by atoms with Crippen LogP contribution in [0.4, 0.5) is 4.39 Å². The quantitative estimate of drug-likeness (QED) is 0.673. The number of carbonyl (C=O) groups excluding carboxylic acids is 1. The Kier molecular flexibility index (Phi) is 5.37. The number of hydrogen-bond acceptors (Lipinski definition) is 5. The van der Waals surface area contributed by atoms with Gasteiger partial charge in [0.1, 0.15) is 17.8 Å². The third kappa shape index (κ3) is 3.94. The maximum atomic E-state index is 13.0. The van der Waals surface area contributed by atoms with E-state index in [2.05, 4.69) is 25.7 Å². The molecule has 0 saturated heterocycles. The van der Waals surface area contributed by atoms with Crippen LogP contribution in [-0.4, -0.2) is 44.6 Å². The number of rotatable bonds is 7. The molecule has 0 radical (unpaired) electrons. The van der Waals surface area contributed by atoms with Gasteiger partial charge in [-0.2, -0.15) is 5.10 Å². The monoisotopic (exact) mass is 358 g/mol. The van der Waals surface area contributed by atoms with Gasteiger partial charge in [0.05, 0.1) is 18.3 Å². The van der Waals surface area contributed by atoms with E-state index in [1.807, 2.05) is 11.5 Å². The van der Waals surface area contributed by atoms with Crippen molar-refractivity contribution in [3.8, 4) is 11.3 Å². The number of benzene rings is 1. The number of aromatic nitrogens is 5. The second-order valence-electron chi connectivity index (χ2n) is 5.74. The van der Waals surface area contributed by atoms with Gasteiger partial charge < -0.3 is 14.6 Å². The van der Waals surface area contributed by atoms with Crippen molar-refractivity contribution in [2.45, 2.75) is 19.5 Å². The van der Waals surface area contributed by atoms with E-state index in [0.717, 1.165) is 0 Å². The lowest BCUT2D eigenvalue weighted by Gasteiger charge is -2.14. The first kappa shape index (κ1) is 17.7. The van der Waals surface area contributed by atoms with Crippen molar-refractivity contribution in [1.29, 1.82) is 0 Å². The molecule has 2 N–H and O–H groups in total. The largest absolute Gasteiger partial charge is 0.383 e. The molecule has 9 heteroatoms. The number of ether oxygens (including phenoxy) is 1. The molecule has 1 amide bonds. The van der Waals surface area contributed by atoms with Crippen LogP contribution in [0.2, 0.25) is 0 Å². The predicted molar refractivity (Wildman–Crippen MR) is 91.8 cm³/mol. The summed E-state index contributed by atoms with van der Waals surface area (Å²) < 4.78 is 19.9. The summed E-state index contributed by atoms with van der Waals surface area (Å²) in [4.78, 5) is 12.4. The number of hydrogen-bond donors (Lipinski definition) is 2. The van der Waals surface area contributed by atoms with Gasteiger partial charge >= 0.3 is 0 Å². The van der Waals surface area contributed by atoms with Crippen LogP contribution >= 0.6 is 0 Å². The van der Waals surface area contributed by atoms with E-state index < -0.39 is 0 Å². The standard InChI is InChI=1S/C17H19FN6O2/c1-11(16-23-19-10-24(16)7-8-26-2)20-17(25)15-9-14(21-22-15)12-3-5-13(18)6-4-12/h3-6,9-11H,7-8H2,1-2H3,(H,20,25)(H,21,22)/t11-/m0/s1. The Hall–Kier alpha value is -3.07. The van der Waals surface area contributed by atoms with Gasteiger partial charge in [-0.25, -0.2) is 4.39 Å². The van der Waals surface area contributed by atoms with Crippen LogP contribution in [0.3, 0.4) is 0 Å². The van der Waals surface area contributed by atoms with E-state index in [-0.39, 0.29) is 17.8 Å². The predicted octanol–water partition coefficient (Wildman–Crippen LogP) is 1.94. The van der Waals surface area contributed by atoms with E-state index in [1.165, 1.54) is 12.1 Å². The molecule has 8 nitrogen and oxygen atoms in total. The number of H-pyrrole nitrogens is 1. The number of methoxy groups -OCH3 is 1. The summed E-state index contributed by atoms with van der Waals surface area (Å²) in [5.41, 5.74) is 1.58. The van der Waals surface area contributed by atoms with E-state index in [0.29, 0.717) is 35.9 Å². The molecule has 0 saturated carbocycles. The molecule has 136 valence electrons. The molecule has 0 aliphatic rings. The maximum Gasteiger partial charge on any atom is 0.269 e. The van der Waals surface area contributed by atoms with Crippen molar-refractivity contribution < 1.29 is 13.9 Å². The highest BCUT2D eigenvalue weighted by atomic mass is 19.1. The molecule has 1 atom stereocenters. The number of halogens is 1. The highest BCUT2D eigenvalue weighted by Gasteiger charge is 2.18. The molecule has 0 aliphatic carbocycles. The summed E-state index contributed by atoms with van der Waals surface area (Å²) in [6.07, 6.45) is 1.60. The van der Waals surface area contributed by atoms with Crippen LogP contribution < -0.4 is 5.32 Å². The fourth-order valence-corrected chi connectivity index (χ4v) is 2.51. The van der Waals surface area contributed by atoms with Crippen LogP contribution in [0.15, 0.2) is 36.7 Å². The molecule has 2 heterocycles. The maximum absolute atomic E-state index is 13.0. The first-order valence-corrected chi connectivity index (χ1v) is 8.07. The Morgan fingerprint density at radius 3 is 2.88 bits per heavy atom. The topological polar surface area (TPSA) is 97.7 Å². The lowest BCUT2D eigenvalue weighted by molar-refractivity contribution is 0.0932. The van der Waals surface area contributed by atoms with Crippen molar-refractivity contribution >= 4 is 5.91 Å². The van der Waals surface area contributed by atoms with Gasteiger partial charge in [0.15, 0.2) is 5.82 Å². The fourth-order valence-electron chi connectivity index (χ4n) is 2.51. The molecule has 0 bridgehead atoms. The summed E-state index contributed by atoms with van der Waals surface area (Å²) in [6, 6.07) is 7.17. The first-order chi connectivity index (χ1) is 12.6. The van der Waals surface area contributed by atoms with E-state index in [1.54, 1.807) is 31.6 Å². The van der Waals surface area contributed by atoms with Gasteiger partial charge in [0.25, 0.3) is 5.91 Å². The second kappa shape index (κ2) is 7.87. The summed E-state index contributed by atoms with van der Waals surface area (Å²) in [5.74, 6) is -0.0120. The van der Waals surface area contributed by atoms with Crippen molar-refractivity contribution in [3.05, 3.63) is 54.0 Å². The molecule has 0 fully saturated rings. The van der Waals surface area contributed by atoms with Crippen molar-refractivity contribution in [2.75, 3.05) is 13.7 Å². The summed E-state index contributed by atoms with van der Waals surface area (Å²) in [6.45, 7) is 2.94. The number of amides is 1. The minimum absolute atomic E-state index is 0.305. The molecular weight excluding hydrogens is 339 g/mol. The third-order valence-electron chi connectivity index (χ3n) is 3.88. The Morgan fingerprint density at radius 1 is 1.38 bits per heavy atom. The third-order valence-corrected chi connectivity index (χ3v) is 3.88. The molecule has 0 unspecified atom stereocenters. The zero-order valence-electron chi connectivity index (χ0n) is 14.4. The summed E-state index contributed by atoms with van der Waals surface area (Å²) in [7, 11) is 1.62. The van der Waals surface area contributed by atoms with Gasteiger partial charge in [-0.15, -0.1) is 10.2 Å². The number of aromatic amines is 1. The summed E-state index contributed by atoms with van der Waals surface area (Å²) in [5, 5.41) is 17.6. The van der Waals surface area contributed by atoms with E-state index >= 15 is 0 Å². The van der Waals surface area contributed by atoms with Crippen LogP contribution in [0.1, 0.15) is 29.3 Å². The van der Waals surface area contributed by atoms with Gasteiger partial charge in [0, 0.05) is 19.2 Å². The Balaban J connectivity index is 1.68. The molecule has 2 aromatic heterocycles. The second-order valence-corrected chi connectivity index (χ2v) is 5.74. The lowest BCUT2D eigenvalue weighted by atomic mass is 10.1. The molecule has 3 aromatic rings. The molecule has 26 heavy (non-hydrogen) atoms. The Labute approximate surface area is 149 Å². The van der Waals surface area contributed by atoms with Gasteiger partial charge in [-0.05, 0) is 37.3 Å². The smallest absolute Gasteiger partial charge is 0.269 e. The van der Waals surface area contributed by atoms with Crippen LogP contribution in [0.5, 0.6) is 0 Å². The number of nitrogens with zero attached hydrogens (tertiary/aromatic N) is 4. The highest BCUT2D eigenvalue weighted by molar-refractivity contribution is 5.93. The molecule has 0 aliphatic heterocycles. The summed E-state index contributed by atoms with van der Waals surface area (Å²) >= 11 is 0. The molecule has 3 rings (SSSR count). The number of nitrogens with one attached hydrogen (secondary N) is 2. The lowest BCUT2D eigenvalue weighted by Crippen LogP contribution is -2.29. The average Bonchev–Trinajstić information content (AvgIpc) is 3.30. The average molecular weight is 358 g/mol. The first-order valence-electron chi connectivity index (χ1n) is 8.07. The Morgan fingerprint density at radius 2 is 2.15 bits per heavy atom. The minimum Gasteiger partial charge on any atom is -0.383 e. The molecular formula is C17H19FN6O2. The van der Waals surface area contributed by atoms with E-state index in [4.69, 9.17) is 4.74 Å². The van der Waals surface area contributed by atoms with E-state index in [9.17, 15) is 9.18 Å². The normalized spacial score (nSPS) is 12.1. The highest BCUT2D eigenvalue weighted by Crippen LogP contribution is 2.18. The van der Waals surface area contributed by atoms with Crippen LogP contribution in [0, 0.1) is 5.82 Å². The molecule has 0 spiro atoms. The fraction of sp³-hybridized carbons (Fsp3) is 0.294. The SMILES string of the molecule is COCCn1cnnc1[C@H](C)NC(=O)c1cc(-c2ccc(F)cc2)n[nH]1. The van der Waals surface area contributed by atoms with Crippen molar-refractivity contribution in [1.82, 2.24) is 30.3 Å². The van der Waals surface area contributed by atoms with Gasteiger partial charge in [-0.3, -0.25) is 9.89 Å². The van der Waals surface area contributed by atoms with Crippen LogP contribution in [-0.2, 0) is 11.3 Å². The van der Waals surface area contributed by atoms with Gasteiger partial charge in [-0.1, -0.05) is 0 Å². The van der Waals surface area contributed by atoms with Gasteiger partial charge in [0.2, 0.25) is 0 Å². The van der Waals surface area contributed by atoms with Crippen LogP contribution in [0.25, 0.3) is 11.3 Å². The molecule has 1 aromatic carbocycles. The minimum atomic E-state index is -0.348. The van der Waals surface area contributed by atoms with Crippen molar-refractivity contribution in [2.24, 2.45) is 0 Å². The van der Waals surface area contributed by atoms with Crippen molar-refractivity contribution in [3.63, 3.8) is 0 Å². The zero-order chi connectivity index (χ0) is 18.5. The number of carbonyl (C=O) groups is 1. The Bertz CT molecular complexity index is 874. The zero-order valence-corrected chi connectivity index (χ0v) is 14.4.